The van der Waals surface area contributed by atoms with Crippen LogP contribution in [0.15, 0.2) is 79.2 Å². The van der Waals surface area contributed by atoms with E-state index in [1.807, 2.05) is 0 Å². The Bertz CT molecular complexity index is 2980. The number of aromatic nitrogens is 24. The number of nitro groups is 5. The summed E-state index contributed by atoms with van der Waals surface area (Å²) in [7, 11) is 0. The van der Waals surface area contributed by atoms with Gasteiger partial charge in [-0.2, -0.15) is 0 Å². The van der Waals surface area contributed by atoms with Crippen LogP contribution in [-0.2, 0) is 0 Å². The lowest BCUT2D eigenvalue weighted by atomic mass is 10.5. The molecule has 0 aliphatic heterocycles. The van der Waals surface area contributed by atoms with Crippen molar-refractivity contribution < 1.29 is 24.6 Å². The van der Waals surface area contributed by atoms with Crippen molar-refractivity contribution in [3.8, 4) is 0 Å². The Morgan fingerprint density at radius 1 is 0.500 bits per heavy atom. The highest BCUT2D eigenvalue weighted by Crippen LogP contribution is 2.15. The molecule has 0 aromatic carbocycles. The van der Waals surface area contributed by atoms with E-state index >= 15 is 0 Å². The van der Waals surface area contributed by atoms with E-state index in [0.29, 0.717) is 31.7 Å². The van der Waals surface area contributed by atoms with E-state index in [4.69, 9.17) is 0 Å². The van der Waals surface area contributed by atoms with Crippen LogP contribution >= 0.6 is 0 Å². The molecule has 0 amide bonds. The molecular formula is C21H21N37O10. The van der Waals surface area contributed by atoms with Gasteiger partial charge in [0.1, 0.15) is 25.3 Å². The highest BCUT2D eigenvalue weighted by atomic mass is 16.6. The first-order valence-electron chi connectivity index (χ1n) is 17.0. The average Bonchev–Trinajstić information content (AvgIpc) is 4.14. The van der Waals surface area contributed by atoms with Gasteiger partial charge in [-0.15, -0.1) is 30.0 Å². The lowest BCUT2D eigenvalue weighted by Crippen LogP contribution is -2.01. The number of aryl methyl sites for hydroxylation is 5. The van der Waals surface area contributed by atoms with E-state index in [9.17, 15) is 50.6 Å². The molecule has 0 saturated heterocycles. The van der Waals surface area contributed by atoms with Crippen molar-refractivity contribution in [2.75, 3.05) is 0 Å². The zero-order valence-electron chi connectivity index (χ0n) is 34.1. The van der Waals surface area contributed by atoms with Crippen LogP contribution in [0.4, 0.5) is 29.5 Å². The third-order valence-electron chi connectivity index (χ3n) is 6.48. The summed E-state index contributed by atoms with van der Waals surface area (Å²) in [6.45, 7) is 7.53. The second-order valence-corrected chi connectivity index (χ2v) is 11.4. The van der Waals surface area contributed by atoms with Gasteiger partial charge in [-0.3, -0.25) is 0 Å². The molecule has 0 radical (unpaired) electrons. The summed E-state index contributed by atoms with van der Waals surface area (Å²) in [6, 6.07) is 2.42. The molecule has 68 heavy (non-hydrogen) atoms. The van der Waals surface area contributed by atoms with Gasteiger partial charge in [0, 0.05) is 44.3 Å². The van der Waals surface area contributed by atoms with Crippen molar-refractivity contribution in [2.24, 2.45) is 41.8 Å². The smallest absolute Gasteiger partial charge is 0.390 e. The molecule has 0 bridgehead atoms. The molecule has 0 N–H and O–H groups in total. The fraction of sp³-hybridized carbons (Fsp3) is 0.238. The molecule has 0 spiro atoms. The molecule has 0 aliphatic carbocycles. The van der Waals surface area contributed by atoms with Crippen LogP contribution in [0.1, 0.15) is 28.9 Å². The Morgan fingerprint density at radius 3 is 1.59 bits per heavy atom. The Labute approximate surface area is 367 Å². The van der Waals surface area contributed by atoms with Crippen molar-refractivity contribution >= 4 is 29.5 Å². The number of hydrogen-bond donors (Lipinski definition) is 0. The summed E-state index contributed by atoms with van der Waals surface area (Å²) in [5.74, 6) is -2.14. The van der Waals surface area contributed by atoms with Gasteiger partial charge < -0.3 is 50.6 Å². The molecule has 47 heteroatoms. The second-order valence-electron chi connectivity index (χ2n) is 11.4. The van der Waals surface area contributed by atoms with Crippen molar-refractivity contribution in [1.29, 1.82) is 0 Å². The molecule has 8 rings (SSSR count). The number of tetrazole rings is 2. The lowest BCUT2D eigenvalue weighted by Gasteiger charge is -1.89. The standard InChI is InChI=1S/C8H8N8O4.C6H6N10O4.C4H4N8.C3H3N11O2/c1-5-3-8(16(19)20)14(9-5)12-11-13-6(2)4-7(10-13)15(17)18;1-3-7-6(16(19)20)14(9-3)12-11-13-4(2)8-5(10-13)15(17)18;1-5-3-11(7-1)9-10-12-4-6-2-8-12;1-2-4-8-13(6-2)10-11-14-7-3(5-9-14)12(15)16/h3-4H,1-2H3;1-2H3;1-4H;1H3/b2*12-11+;10-9+;11-10+. The van der Waals surface area contributed by atoms with Crippen LogP contribution in [0.25, 0.3) is 0 Å². The van der Waals surface area contributed by atoms with Gasteiger partial charge in [-0.25, -0.2) is 9.97 Å². The van der Waals surface area contributed by atoms with Crippen LogP contribution in [0.5, 0.6) is 0 Å². The first kappa shape index (κ1) is 47.6. The quantitative estimate of drug-likeness (QED) is 0.0781. The zero-order valence-corrected chi connectivity index (χ0v) is 34.1. The maximum absolute atomic E-state index is 10.7. The summed E-state index contributed by atoms with van der Waals surface area (Å²) in [5, 5.41) is 123. The van der Waals surface area contributed by atoms with E-state index in [1.165, 1.54) is 67.8 Å². The van der Waals surface area contributed by atoms with E-state index in [1.54, 1.807) is 13.8 Å². The third kappa shape index (κ3) is 13.3. The van der Waals surface area contributed by atoms with Crippen molar-refractivity contribution in [2.45, 2.75) is 34.6 Å². The van der Waals surface area contributed by atoms with Gasteiger partial charge in [0.2, 0.25) is 11.6 Å². The largest absolute Gasteiger partial charge is 0.516 e. The van der Waals surface area contributed by atoms with E-state index in [-0.39, 0.29) is 17.5 Å². The summed E-state index contributed by atoms with van der Waals surface area (Å²) < 4.78 is 0. The Balaban J connectivity index is 0.000000172. The fourth-order valence-electron chi connectivity index (χ4n) is 3.82. The molecule has 0 saturated carbocycles. The SMILES string of the molecule is Cc1cc([N+](=O)[O-])n(/N=N/n2nc([N+](=O)[O-])cc2C)n1.Cc1nc([N+](=O)[O-])n(/N=N/n2nc([N+](=O)[O-])nc2C)n1.Cc1nnn(/N=N/n2nnc([N+](=O)[O-])n2)n1.c1ncn(/N=N/n2cncn2)n1. The summed E-state index contributed by atoms with van der Waals surface area (Å²) >= 11 is 0. The summed E-state index contributed by atoms with van der Waals surface area (Å²) in [5.41, 5.74) is 0.741. The predicted molar refractivity (Wildman–Crippen MR) is 200 cm³/mol. The van der Waals surface area contributed by atoms with Gasteiger partial charge >= 0.3 is 29.5 Å². The first-order valence-corrected chi connectivity index (χ1v) is 17.0. The molecule has 8 aromatic rings. The Morgan fingerprint density at radius 2 is 1.09 bits per heavy atom. The molecule has 350 valence electrons. The van der Waals surface area contributed by atoms with Gasteiger partial charge in [0.05, 0.1) is 59.3 Å². The number of nitrogens with zero attached hydrogens (tertiary/aromatic N) is 37. The van der Waals surface area contributed by atoms with Crippen LogP contribution in [0.3, 0.4) is 0 Å². The maximum Gasteiger partial charge on any atom is 0.516 e. The fourth-order valence-corrected chi connectivity index (χ4v) is 3.82. The topological polar surface area (TPSA) is 560 Å². The van der Waals surface area contributed by atoms with Crippen LogP contribution in [-0.4, -0.2) is 145 Å². The van der Waals surface area contributed by atoms with Gasteiger partial charge in [0.15, 0.2) is 5.82 Å². The zero-order chi connectivity index (χ0) is 49.5. The molecule has 0 unspecified atom stereocenters. The van der Waals surface area contributed by atoms with E-state index in [2.05, 4.69) is 123 Å². The summed E-state index contributed by atoms with van der Waals surface area (Å²) in [6.07, 6.45) is 5.56. The highest BCUT2D eigenvalue weighted by Gasteiger charge is 2.23. The van der Waals surface area contributed by atoms with Gasteiger partial charge in [-0.1, -0.05) is 5.10 Å². The first-order chi connectivity index (χ1) is 32.4. The number of rotatable bonds is 13. The van der Waals surface area contributed by atoms with Crippen molar-refractivity contribution in [3.63, 3.8) is 0 Å². The van der Waals surface area contributed by atoms with Crippen LogP contribution in [0, 0.1) is 85.2 Å². The third-order valence-corrected chi connectivity index (χ3v) is 6.48. The Hall–Kier alpha value is -11.5. The van der Waals surface area contributed by atoms with Crippen molar-refractivity contribution in [1.82, 2.24) is 120 Å². The van der Waals surface area contributed by atoms with Gasteiger partial charge in [-0.05, 0) is 95.8 Å². The van der Waals surface area contributed by atoms with E-state index in [0.717, 1.165) is 14.5 Å². The second kappa shape index (κ2) is 21.5. The molecular weight excluding hydrogens is 930 g/mol. The molecule has 0 atom stereocenters. The van der Waals surface area contributed by atoms with Crippen LogP contribution in [0.2, 0.25) is 0 Å². The highest BCUT2D eigenvalue weighted by molar-refractivity contribution is 5.22. The summed E-state index contributed by atoms with van der Waals surface area (Å²) in [4.78, 5) is 69.9. The predicted octanol–water partition coefficient (Wildman–Crippen LogP) is -0.724. The molecule has 0 aliphatic rings. The molecule has 8 heterocycles. The minimum absolute atomic E-state index is 0.0833. The van der Waals surface area contributed by atoms with Gasteiger partial charge in [0.25, 0.3) is 0 Å². The maximum atomic E-state index is 10.7. The normalized spacial score (nSPS) is 11.1. The van der Waals surface area contributed by atoms with Crippen molar-refractivity contribution in [3.05, 3.63) is 117 Å². The monoisotopic (exact) mass is 951 g/mol. The van der Waals surface area contributed by atoms with Crippen LogP contribution < -0.4 is 0 Å². The molecule has 8 aromatic heterocycles. The minimum Gasteiger partial charge on any atom is -0.390 e. The Kier molecular flexibility index (Phi) is 15.1. The molecule has 0 fully saturated rings. The average molecular weight is 952 g/mol. The number of hydrogen-bond acceptors (Lipinski definition) is 34. The lowest BCUT2D eigenvalue weighted by molar-refractivity contribution is -0.397. The minimum atomic E-state index is -0.809. The molecule has 47 nitrogen and oxygen atoms in total. The van der Waals surface area contributed by atoms with E-state index < -0.39 is 48.3 Å².